The summed E-state index contributed by atoms with van der Waals surface area (Å²) in [7, 11) is 0. The molecule has 0 aliphatic rings. The van der Waals surface area contributed by atoms with Gasteiger partial charge < -0.3 is 5.73 Å². The summed E-state index contributed by atoms with van der Waals surface area (Å²) in [5, 5.41) is 0.337. The maximum absolute atomic E-state index is 5.68. The lowest BCUT2D eigenvalue weighted by Crippen LogP contribution is -2.01. The minimum Gasteiger partial charge on any atom is -0.395 e. The highest BCUT2D eigenvalue weighted by atomic mass is 35.5. The number of aromatic nitrogens is 2. The minimum absolute atomic E-state index is 0.287. The Morgan fingerprint density at radius 2 is 2.09 bits per heavy atom. The molecule has 0 bridgehead atoms. The van der Waals surface area contributed by atoms with Crippen LogP contribution in [0.15, 0.2) is 6.33 Å². The SMILES string of the molecule is CC(C)c1ncnc(Cl)c1N. The van der Waals surface area contributed by atoms with Gasteiger partial charge in [-0.25, -0.2) is 9.97 Å². The molecule has 2 N–H and O–H groups in total. The Labute approximate surface area is 70.6 Å². The van der Waals surface area contributed by atoms with E-state index in [9.17, 15) is 0 Å². The molecule has 60 valence electrons. The van der Waals surface area contributed by atoms with E-state index in [0.717, 1.165) is 5.69 Å². The number of halogens is 1. The molecule has 4 heteroatoms. The van der Waals surface area contributed by atoms with Crippen molar-refractivity contribution in [2.45, 2.75) is 19.8 Å². The van der Waals surface area contributed by atoms with Crippen LogP contribution in [0.2, 0.25) is 5.15 Å². The topological polar surface area (TPSA) is 51.8 Å². The first-order valence-corrected chi connectivity index (χ1v) is 3.76. The van der Waals surface area contributed by atoms with Gasteiger partial charge in [0.05, 0.1) is 11.4 Å². The first kappa shape index (κ1) is 8.27. The zero-order valence-corrected chi connectivity index (χ0v) is 7.26. The van der Waals surface area contributed by atoms with Crippen molar-refractivity contribution in [2.24, 2.45) is 0 Å². The Morgan fingerprint density at radius 3 is 2.55 bits per heavy atom. The smallest absolute Gasteiger partial charge is 0.155 e. The highest BCUT2D eigenvalue weighted by molar-refractivity contribution is 6.31. The van der Waals surface area contributed by atoms with Gasteiger partial charge in [-0.05, 0) is 5.92 Å². The van der Waals surface area contributed by atoms with E-state index < -0.39 is 0 Å². The van der Waals surface area contributed by atoms with Crippen LogP contribution in [0.4, 0.5) is 5.69 Å². The fourth-order valence-corrected chi connectivity index (χ4v) is 0.987. The van der Waals surface area contributed by atoms with Gasteiger partial charge in [-0.15, -0.1) is 0 Å². The molecule has 11 heavy (non-hydrogen) atoms. The standard InChI is InChI=1S/C7H10ClN3/c1-4(2)6-5(9)7(8)11-3-10-6/h3-4H,9H2,1-2H3. The molecular weight excluding hydrogens is 162 g/mol. The third kappa shape index (κ3) is 1.60. The minimum atomic E-state index is 0.287. The Balaban J connectivity index is 3.17. The van der Waals surface area contributed by atoms with Gasteiger partial charge >= 0.3 is 0 Å². The zero-order valence-electron chi connectivity index (χ0n) is 6.50. The molecule has 0 aliphatic carbocycles. The van der Waals surface area contributed by atoms with Crippen molar-refractivity contribution in [1.29, 1.82) is 0 Å². The predicted octanol–water partition coefficient (Wildman–Crippen LogP) is 1.84. The van der Waals surface area contributed by atoms with Crippen LogP contribution in [-0.4, -0.2) is 9.97 Å². The third-order valence-corrected chi connectivity index (χ3v) is 1.71. The van der Waals surface area contributed by atoms with Crippen LogP contribution in [-0.2, 0) is 0 Å². The van der Waals surface area contributed by atoms with E-state index in [4.69, 9.17) is 17.3 Å². The second-order valence-electron chi connectivity index (χ2n) is 2.62. The lowest BCUT2D eigenvalue weighted by molar-refractivity contribution is 0.818. The Hall–Kier alpha value is -0.830. The van der Waals surface area contributed by atoms with Gasteiger partial charge in [0.2, 0.25) is 0 Å². The summed E-state index contributed by atoms with van der Waals surface area (Å²) in [6.45, 7) is 4.02. The molecule has 0 spiro atoms. The van der Waals surface area contributed by atoms with Gasteiger partial charge in [-0.3, -0.25) is 0 Å². The zero-order chi connectivity index (χ0) is 8.43. The lowest BCUT2D eigenvalue weighted by atomic mass is 10.1. The van der Waals surface area contributed by atoms with Crippen LogP contribution in [0, 0.1) is 0 Å². The van der Waals surface area contributed by atoms with E-state index in [1.807, 2.05) is 13.8 Å². The molecule has 1 aromatic rings. The summed E-state index contributed by atoms with van der Waals surface area (Å²) in [6, 6.07) is 0. The van der Waals surface area contributed by atoms with Crippen LogP contribution in [0.1, 0.15) is 25.5 Å². The monoisotopic (exact) mass is 171 g/mol. The molecule has 0 aliphatic heterocycles. The number of hydrogen-bond acceptors (Lipinski definition) is 3. The summed E-state index contributed by atoms with van der Waals surface area (Å²) in [6.07, 6.45) is 1.42. The van der Waals surface area contributed by atoms with Crippen molar-refractivity contribution in [3.05, 3.63) is 17.2 Å². The van der Waals surface area contributed by atoms with Gasteiger partial charge in [0.25, 0.3) is 0 Å². The Morgan fingerprint density at radius 1 is 1.45 bits per heavy atom. The maximum atomic E-state index is 5.68. The molecule has 0 fully saturated rings. The van der Waals surface area contributed by atoms with E-state index >= 15 is 0 Å². The van der Waals surface area contributed by atoms with Crippen LogP contribution >= 0.6 is 11.6 Å². The van der Waals surface area contributed by atoms with E-state index in [2.05, 4.69) is 9.97 Å². The molecule has 0 unspecified atom stereocenters. The molecular formula is C7H10ClN3. The largest absolute Gasteiger partial charge is 0.395 e. The van der Waals surface area contributed by atoms with E-state index in [1.54, 1.807) is 0 Å². The molecule has 0 radical (unpaired) electrons. The molecule has 3 nitrogen and oxygen atoms in total. The van der Waals surface area contributed by atoms with Crippen molar-refractivity contribution in [2.75, 3.05) is 5.73 Å². The molecule has 0 aromatic carbocycles. The van der Waals surface area contributed by atoms with E-state index in [-0.39, 0.29) is 5.92 Å². The predicted molar refractivity (Wildman–Crippen MR) is 45.5 cm³/mol. The summed E-state index contributed by atoms with van der Waals surface area (Å²) >= 11 is 5.68. The van der Waals surface area contributed by atoms with Crippen molar-refractivity contribution >= 4 is 17.3 Å². The van der Waals surface area contributed by atoms with E-state index in [0.29, 0.717) is 10.8 Å². The molecule has 1 heterocycles. The summed E-state index contributed by atoms with van der Waals surface area (Å²) < 4.78 is 0. The average molecular weight is 172 g/mol. The molecule has 1 aromatic heterocycles. The van der Waals surface area contributed by atoms with Gasteiger partial charge in [0.15, 0.2) is 5.15 Å². The fraction of sp³-hybridized carbons (Fsp3) is 0.429. The van der Waals surface area contributed by atoms with Crippen LogP contribution in [0.25, 0.3) is 0 Å². The Bertz CT molecular complexity index is 260. The second kappa shape index (κ2) is 3.05. The lowest BCUT2D eigenvalue weighted by Gasteiger charge is -2.07. The number of nitrogens with zero attached hydrogens (tertiary/aromatic N) is 2. The molecule has 0 atom stereocenters. The van der Waals surface area contributed by atoms with Crippen LogP contribution in [0.3, 0.4) is 0 Å². The summed E-state index contributed by atoms with van der Waals surface area (Å²) in [5.41, 5.74) is 6.93. The van der Waals surface area contributed by atoms with Crippen molar-refractivity contribution in [3.63, 3.8) is 0 Å². The number of hydrogen-bond donors (Lipinski definition) is 1. The highest BCUT2D eigenvalue weighted by Gasteiger charge is 2.08. The average Bonchev–Trinajstić information content (AvgIpc) is 1.94. The normalized spacial score (nSPS) is 10.5. The van der Waals surface area contributed by atoms with Crippen molar-refractivity contribution < 1.29 is 0 Å². The van der Waals surface area contributed by atoms with Gasteiger partial charge in [0, 0.05) is 0 Å². The molecule has 0 amide bonds. The van der Waals surface area contributed by atoms with Gasteiger partial charge in [0.1, 0.15) is 6.33 Å². The second-order valence-corrected chi connectivity index (χ2v) is 2.98. The quantitative estimate of drug-likeness (QED) is 0.656. The highest BCUT2D eigenvalue weighted by Crippen LogP contribution is 2.23. The molecule has 0 saturated carbocycles. The molecule has 0 saturated heterocycles. The van der Waals surface area contributed by atoms with Crippen molar-refractivity contribution in [1.82, 2.24) is 9.97 Å². The van der Waals surface area contributed by atoms with Crippen molar-refractivity contribution in [3.8, 4) is 0 Å². The summed E-state index contributed by atoms with van der Waals surface area (Å²) in [4.78, 5) is 7.77. The van der Waals surface area contributed by atoms with Crippen LogP contribution in [0.5, 0.6) is 0 Å². The maximum Gasteiger partial charge on any atom is 0.155 e. The Kier molecular flexibility index (Phi) is 2.29. The fourth-order valence-electron chi connectivity index (χ4n) is 0.847. The number of nitrogen functional groups attached to an aromatic ring is 1. The molecule has 1 rings (SSSR count). The first-order chi connectivity index (χ1) is 5.13. The summed E-state index contributed by atoms with van der Waals surface area (Å²) in [5.74, 6) is 0.287. The number of rotatable bonds is 1. The third-order valence-electron chi connectivity index (χ3n) is 1.41. The number of anilines is 1. The van der Waals surface area contributed by atoms with Crippen LogP contribution < -0.4 is 5.73 Å². The van der Waals surface area contributed by atoms with Gasteiger partial charge in [-0.1, -0.05) is 25.4 Å². The first-order valence-electron chi connectivity index (χ1n) is 3.38. The van der Waals surface area contributed by atoms with Gasteiger partial charge in [-0.2, -0.15) is 0 Å². The van der Waals surface area contributed by atoms with E-state index in [1.165, 1.54) is 6.33 Å². The number of nitrogens with two attached hydrogens (primary N) is 1.